The molecule has 2 N–H and O–H groups in total. The molecular formula is C10H14N4. The minimum absolute atomic E-state index is 0.481. The number of nitrogens with two attached hydrogens (primary N) is 1. The highest BCUT2D eigenvalue weighted by Crippen LogP contribution is 2.12. The van der Waals surface area contributed by atoms with Crippen LogP contribution in [0.2, 0.25) is 0 Å². The fraction of sp³-hybridized carbons (Fsp3) is 0.400. The molecule has 0 aliphatic heterocycles. The smallest absolute Gasteiger partial charge is 0.111 e. The molecule has 74 valence electrons. The molecule has 0 saturated heterocycles. The Balaban J connectivity index is 2.43. The van der Waals surface area contributed by atoms with E-state index in [2.05, 4.69) is 17.0 Å². The van der Waals surface area contributed by atoms with Crippen LogP contribution in [0.15, 0.2) is 18.5 Å². The highest BCUT2D eigenvalue weighted by molar-refractivity contribution is 5.77. The second kappa shape index (κ2) is 3.75. The molecule has 0 spiro atoms. The van der Waals surface area contributed by atoms with Gasteiger partial charge in [-0.15, -0.1) is 0 Å². The van der Waals surface area contributed by atoms with E-state index in [0.717, 1.165) is 29.6 Å². The number of hydrogen-bond acceptors (Lipinski definition) is 3. The summed E-state index contributed by atoms with van der Waals surface area (Å²) >= 11 is 0. The molecule has 2 aromatic rings. The summed E-state index contributed by atoms with van der Waals surface area (Å²) in [6.07, 6.45) is 4.91. The van der Waals surface area contributed by atoms with Crippen molar-refractivity contribution in [2.45, 2.75) is 26.4 Å². The van der Waals surface area contributed by atoms with Gasteiger partial charge in [0.1, 0.15) is 5.52 Å². The van der Waals surface area contributed by atoms with E-state index in [1.165, 1.54) is 0 Å². The predicted octanol–water partition coefficient (Wildman–Crippen LogP) is 1.30. The Bertz CT molecular complexity index is 433. The monoisotopic (exact) mass is 190 g/mol. The van der Waals surface area contributed by atoms with Gasteiger partial charge in [0.05, 0.1) is 11.9 Å². The zero-order chi connectivity index (χ0) is 9.97. The van der Waals surface area contributed by atoms with Crippen molar-refractivity contribution < 1.29 is 0 Å². The van der Waals surface area contributed by atoms with E-state index >= 15 is 0 Å². The van der Waals surface area contributed by atoms with Gasteiger partial charge in [-0.1, -0.05) is 6.92 Å². The van der Waals surface area contributed by atoms with Crippen LogP contribution in [-0.4, -0.2) is 14.8 Å². The summed E-state index contributed by atoms with van der Waals surface area (Å²) in [7, 11) is 0. The van der Waals surface area contributed by atoms with Gasteiger partial charge in [-0.3, -0.25) is 9.67 Å². The van der Waals surface area contributed by atoms with Crippen molar-refractivity contribution >= 4 is 10.9 Å². The second-order valence-corrected chi connectivity index (χ2v) is 3.33. The lowest BCUT2D eigenvalue weighted by molar-refractivity contribution is 0.608. The van der Waals surface area contributed by atoms with E-state index in [1.807, 2.05) is 16.9 Å². The number of fused-ring (bicyclic) bond motifs is 1. The van der Waals surface area contributed by atoms with Crippen LogP contribution in [0.25, 0.3) is 10.9 Å². The van der Waals surface area contributed by atoms with Crippen LogP contribution >= 0.6 is 0 Å². The number of pyridine rings is 1. The van der Waals surface area contributed by atoms with Gasteiger partial charge < -0.3 is 5.73 Å². The summed E-state index contributed by atoms with van der Waals surface area (Å²) in [6, 6.07) is 1.99. The van der Waals surface area contributed by atoms with Crippen molar-refractivity contribution in [3.63, 3.8) is 0 Å². The van der Waals surface area contributed by atoms with E-state index < -0.39 is 0 Å². The van der Waals surface area contributed by atoms with Crippen LogP contribution in [0.3, 0.4) is 0 Å². The Morgan fingerprint density at radius 1 is 1.50 bits per heavy atom. The number of nitrogens with zero attached hydrogens (tertiary/aromatic N) is 3. The summed E-state index contributed by atoms with van der Waals surface area (Å²) < 4.78 is 1.95. The van der Waals surface area contributed by atoms with Gasteiger partial charge in [0.2, 0.25) is 0 Å². The first-order chi connectivity index (χ1) is 6.83. The molecule has 0 atom stereocenters. The lowest BCUT2D eigenvalue weighted by Gasteiger charge is -1.93. The Morgan fingerprint density at radius 3 is 3.07 bits per heavy atom. The fourth-order valence-corrected chi connectivity index (χ4v) is 1.48. The number of aryl methyl sites for hydroxylation is 1. The molecule has 4 heteroatoms. The molecule has 4 nitrogen and oxygen atoms in total. The molecule has 0 aliphatic carbocycles. The molecule has 0 aromatic carbocycles. The molecule has 0 radical (unpaired) electrons. The van der Waals surface area contributed by atoms with Crippen molar-refractivity contribution in [2.24, 2.45) is 5.73 Å². The zero-order valence-corrected chi connectivity index (χ0v) is 8.27. The lowest BCUT2D eigenvalue weighted by Crippen LogP contribution is -1.98. The first kappa shape index (κ1) is 9.15. The largest absolute Gasteiger partial charge is 0.325 e. The lowest BCUT2D eigenvalue weighted by atomic mass is 10.3. The van der Waals surface area contributed by atoms with Gasteiger partial charge in [-0.25, -0.2) is 0 Å². The summed E-state index contributed by atoms with van der Waals surface area (Å²) in [5.41, 5.74) is 7.37. The molecule has 0 amide bonds. The molecule has 0 unspecified atom stereocenters. The number of aromatic nitrogens is 3. The summed E-state index contributed by atoms with van der Waals surface area (Å²) in [5.74, 6) is 0. The third-order valence-corrected chi connectivity index (χ3v) is 2.16. The summed E-state index contributed by atoms with van der Waals surface area (Å²) in [6.45, 7) is 3.57. The van der Waals surface area contributed by atoms with Gasteiger partial charge >= 0.3 is 0 Å². The van der Waals surface area contributed by atoms with Gasteiger partial charge in [0, 0.05) is 24.7 Å². The first-order valence-electron chi connectivity index (χ1n) is 4.85. The summed E-state index contributed by atoms with van der Waals surface area (Å²) in [5, 5.41) is 5.51. The van der Waals surface area contributed by atoms with Crippen LogP contribution in [0.1, 0.15) is 19.0 Å². The molecular weight excluding hydrogens is 176 g/mol. The van der Waals surface area contributed by atoms with Crippen LogP contribution in [0.4, 0.5) is 0 Å². The van der Waals surface area contributed by atoms with E-state index in [4.69, 9.17) is 5.73 Å². The standard InChI is InChI=1S/C10H14N4/c1-2-3-14-7-8-4-9(5-11)12-6-10(8)13-14/h4,6-7H,2-3,5,11H2,1H3. The Kier molecular flexibility index (Phi) is 2.45. The SMILES string of the molecule is CCCn1cc2cc(CN)ncc2n1. The fourth-order valence-electron chi connectivity index (χ4n) is 1.48. The average molecular weight is 190 g/mol. The molecule has 2 heterocycles. The van der Waals surface area contributed by atoms with Crippen molar-refractivity contribution in [1.82, 2.24) is 14.8 Å². The Labute approximate surface area is 82.7 Å². The van der Waals surface area contributed by atoms with Gasteiger partial charge in [0.25, 0.3) is 0 Å². The van der Waals surface area contributed by atoms with Crippen LogP contribution in [0.5, 0.6) is 0 Å². The predicted molar refractivity (Wildman–Crippen MR) is 55.7 cm³/mol. The minimum Gasteiger partial charge on any atom is -0.325 e. The minimum atomic E-state index is 0.481. The highest BCUT2D eigenvalue weighted by atomic mass is 15.3. The maximum Gasteiger partial charge on any atom is 0.111 e. The van der Waals surface area contributed by atoms with Crippen LogP contribution in [-0.2, 0) is 13.1 Å². The molecule has 2 aromatic heterocycles. The van der Waals surface area contributed by atoms with Gasteiger partial charge in [-0.05, 0) is 12.5 Å². The Morgan fingerprint density at radius 2 is 2.36 bits per heavy atom. The topological polar surface area (TPSA) is 56.7 Å². The van der Waals surface area contributed by atoms with Crippen molar-refractivity contribution in [3.8, 4) is 0 Å². The van der Waals surface area contributed by atoms with Crippen LogP contribution in [0, 0.1) is 0 Å². The molecule has 0 bridgehead atoms. The van der Waals surface area contributed by atoms with Gasteiger partial charge in [0.15, 0.2) is 0 Å². The maximum atomic E-state index is 5.52. The molecule has 0 fully saturated rings. The van der Waals surface area contributed by atoms with E-state index in [9.17, 15) is 0 Å². The number of hydrogen-bond donors (Lipinski definition) is 1. The van der Waals surface area contributed by atoms with Gasteiger partial charge in [-0.2, -0.15) is 5.10 Å². The third-order valence-electron chi connectivity index (χ3n) is 2.16. The third kappa shape index (κ3) is 1.61. The molecule has 0 saturated carbocycles. The average Bonchev–Trinajstić information content (AvgIpc) is 2.59. The molecule has 0 aliphatic rings. The molecule has 2 rings (SSSR count). The Hall–Kier alpha value is -1.42. The van der Waals surface area contributed by atoms with E-state index in [1.54, 1.807) is 6.20 Å². The normalized spacial score (nSPS) is 11.0. The quantitative estimate of drug-likeness (QED) is 0.793. The maximum absolute atomic E-state index is 5.52. The highest BCUT2D eigenvalue weighted by Gasteiger charge is 2.01. The first-order valence-corrected chi connectivity index (χ1v) is 4.85. The van der Waals surface area contributed by atoms with E-state index in [0.29, 0.717) is 6.54 Å². The van der Waals surface area contributed by atoms with Crippen molar-refractivity contribution in [2.75, 3.05) is 0 Å². The van der Waals surface area contributed by atoms with Crippen molar-refractivity contribution in [3.05, 3.63) is 24.2 Å². The molecule has 14 heavy (non-hydrogen) atoms. The zero-order valence-electron chi connectivity index (χ0n) is 8.27. The van der Waals surface area contributed by atoms with E-state index in [-0.39, 0.29) is 0 Å². The van der Waals surface area contributed by atoms with Crippen molar-refractivity contribution in [1.29, 1.82) is 0 Å². The second-order valence-electron chi connectivity index (χ2n) is 3.33. The number of rotatable bonds is 3. The van der Waals surface area contributed by atoms with Crippen LogP contribution < -0.4 is 5.73 Å². The summed E-state index contributed by atoms with van der Waals surface area (Å²) in [4.78, 5) is 4.20.